The van der Waals surface area contributed by atoms with Crippen LogP contribution in [0.1, 0.15) is 38.3 Å². The Morgan fingerprint density at radius 1 is 1.22 bits per heavy atom. The number of thiazole rings is 1. The fourth-order valence-corrected chi connectivity index (χ4v) is 3.17. The third-order valence-corrected chi connectivity index (χ3v) is 4.43. The van der Waals surface area contributed by atoms with Gasteiger partial charge in [0.2, 0.25) is 0 Å². The summed E-state index contributed by atoms with van der Waals surface area (Å²) >= 11 is 1.72. The van der Waals surface area contributed by atoms with E-state index in [9.17, 15) is 0 Å². The lowest BCUT2D eigenvalue weighted by atomic mass is 9.98. The minimum absolute atomic E-state index is 0.0525. The van der Waals surface area contributed by atoms with Gasteiger partial charge < -0.3 is 5.73 Å². The first kappa shape index (κ1) is 13.2. The highest BCUT2D eigenvalue weighted by Gasteiger charge is 2.14. The smallest absolute Gasteiger partial charge is 0.0900 e. The van der Waals surface area contributed by atoms with Crippen LogP contribution in [-0.2, 0) is 6.42 Å². The Balaban J connectivity index is 2.23. The largest absolute Gasteiger partial charge is 0.323 e. The highest BCUT2D eigenvalue weighted by atomic mass is 32.1. The summed E-state index contributed by atoms with van der Waals surface area (Å²) in [5.74, 6) is 0. The van der Waals surface area contributed by atoms with Crippen LogP contribution in [0, 0.1) is 27.7 Å². The second kappa shape index (κ2) is 5.21. The van der Waals surface area contributed by atoms with Crippen LogP contribution in [0.2, 0.25) is 0 Å². The fraction of sp³-hybridized carbons (Fsp3) is 0.400. The van der Waals surface area contributed by atoms with Crippen LogP contribution in [0.15, 0.2) is 18.2 Å². The zero-order valence-corrected chi connectivity index (χ0v) is 12.3. The van der Waals surface area contributed by atoms with Crippen molar-refractivity contribution in [1.82, 2.24) is 4.98 Å². The molecule has 0 aliphatic heterocycles. The molecule has 3 heteroatoms. The molecular weight excluding hydrogens is 240 g/mol. The molecule has 0 fully saturated rings. The molecule has 2 aromatic rings. The molecule has 0 aliphatic carbocycles. The number of nitrogens with zero attached hydrogens (tertiary/aromatic N) is 1. The molecular formula is C15H20N2S. The van der Waals surface area contributed by atoms with Gasteiger partial charge >= 0.3 is 0 Å². The van der Waals surface area contributed by atoms with Gasteiger partial charge in [0.1, 0.15) is 0 Å². The number of hydrogen-bond acceptors (Lipinski definition) is 3. The summed E-state index contributed by atoms with van der Waals surface area (Å²) in [6.45, 7) is 8.34. The molecule has 0 spiro atoms. The molecule has 0 aliphatic rings. The minimum Gasteiger partial charge on any atom is -0.323 e. The van der Waals surface area contributed by atoms with Gasteiger partial charge in [-0.3, -0.25) is 0 Å². The van der Waals surface area contributed by atoms with Crippen LogP contribution in [-0.4, -0.2) is 4.98 Å². The fourth-order valence-electron chi connectivity index (χ4n) is 2.24. The predicted octanol–water partition coefficient (Wildman–Crippen LogP) is 3.62. The van der Waals surface area contributed by atoms with Crippen LogP contribution in [0.3, 0.4) is 0 Å². The van der Waals surface area contributed by atoms with Crippen molar-refractivity contribution in [3.8, 4) is 0 Å². The van der Waals surface area contributed by atoms with Crippen molar-refractivity contribution in [2.45, 2.75) is 40.2 Å². The summed E-state index contributed by atoms with van der Waals surface area (Å²) in [6, 6.07) is 6.60. The molecule has 18 heavy (non-hydrogen) atoms. The molecule has 1 heterocycles. The molecule has 1 aromatic heterocycles. The van der Waals surface area contributed by atoms with Gasteiger partial charge in [-0.1, -0.05) is 23.8 Å². The Kier molecular flexibility index (Phi) is 3.83. The summed E-state index contributed by atoms with van der Waals surface area (Å²) in [7, 11) is 0. The first-order chi connectivity index (χ1) is 8.47. The summed E-state index contributed by atoms with van der Waals surface area (Å²) in [6.07, 6.45) is 0.885. The van der Waals surface area contributed by atoms with Crippen LogP contribution < -0.4 is 5.73 Å². The van der Waals surface area contributed by atoms with Crippen molar-refractivity contribution in [2.75, 3.05) is 0 Å². The van der Waals surface area contributed by atoms with E-state index in [4.69, 9.17) is 5.73 Å². The van der Waals surface area contributed by atoms with Gasteiger partial charge in [-0.15, -0.1) is 11.3 Å². The standard InChI is InChI=1S/C15H20N2S/c1-9-5-6-10(2)13(7-9)8-14(16)15-11(3)17-12(4)18-15/h5-7,14H,8,16H2,1-4H3. The second-order valence-corrected chi connectivity index (χ2v) is 6.16. The average Bonchev–Trinajstić information content (AvgIpc) is 2.63. The highest BCUT2D eigenvalue weighted by molar-refractivity contribution is 7.11. The Labute approximate surface area is 113 Å². The number of nitrogens with two attached hydrogens (primary N) is 1. The Hall–Kier alpha value is -1.19. The van der Waals surface area contributed by atoms with E-state index < -0.39 is 0 Å². The van der Waals surface area contributed by atoms with Crippen molar-refractivity contribution in [3.63, 3.8) is 0 Å². The molecule has 1 unspecified atom stereocenters. The number of rotatable bonds is 3. The molecule has 2 N–H and O–H groups in total. The molecule has 0 radical (unpaired) electrons. The third kappa shape index (κ3) is 2.79. The summed E-state index contributed by atoms with van der Waals surface area (Å²) in [4.78, 5) is 5.67. The maximum absolute atomic E-state index is 6.33. The molecule has 1 aromatic carbocycles. The van der Waals surface area contributed by atoms with Gasteiger partial charge in [0.05, 0.1) is 10.7 Å². The normalized spacial score (nSPS) is 12.7. The molecule has 2 nitrogen and oxygen atoms in total. The second-order valence-electron chi connectivity index (χ2n) is 4.92. The van der Waals surface area contributed by atoms with E-state index in [1.807, 2.05) is 13.8 Å². The van der Waals surface area contributed by atoms with Crippen molar-refractivity contribution in [1.29, 1.82) is 0 Å². The number of hydrogen-bond donors (Lipinski definition) is 1. The van der Waals surface area contributed by atoms with Gasteiger partial charge in [0.25, 0.3) is 0 Å². The maximum atomic E-state index is 6.33. The van der Waals surface area contributed by atoms with Crippen LogP contribution in [0.4, 0.5) is 0 Å². The lowest BCUT2D eigenvalue weighted by Crippen LogP contribution is -2.13. The Morgan fingerprint density at radius 3 is 2.56 bits per heavy atom. The summed E-state index contributed by atoms with van der Waals surface area (Å²) in [5.41, 5.74) is 11.4. The van der Waals surface area contributed by atoms with Crippen molar-refractivity contribution in [3.05, 3.63) is 50.5 Å². The maximum Gasteiger partial charge on any atom is 0.0900 e. The molecule has 96 valence electrons. The van der Waals surface area contributed by atoms with Crippen LogP contribution >= 0.6 is 11.3 Å². The van der Waals surface area contributed by atoms with E-state index in [1.54, 1.807) is 11.3 Å². The summed E-state index contributed by atoms with van der Waals surface area (Å²) in [5, 5.41) is 1.10. The number of aryl methyl sites for hydroxylation is 4. The Bertz CT molecular complexity index is 558. The van der Waals surface area contributed by atoms with E-state index in [-0.39, 0.29) is 6.04 Å². The SMILES string of the molecule is Cc1ccc(C)c(CC(N)c2sc(C)nc2C)c1. The summed E-state index contributed by atoms with van der Waals surface area (Å²) < 4.78 is 0. The molecule has 0 bridgehead atoms. The highest BCUT2D eigenvalue weighted by Crippen LogP contribution is 2.26. The monoisotopic (exact) mass is 260 g/mol. The van der Waals surface area contributed by atoms with Gasteiger partial charge in [-0.2, -0.15) is 0 Å². The van der Waals surface area contributed by atoms with E-state index in [0.29, 0.717) is 0 Å². The molecule has 0 saturated heterocycles. The van der Waals surface area contributed by atoms with Gasteiger partial charge in [0, 0.05) is 10.9 Å². The van der Waals surface area contributed by atoms with E-state index in [1.165, 1.54) is 21.6 Å². The topological polar surface area (TPSA) is 38.9 Å². The average molecular weight is 260 g/mol. The van der Waals surface area contributed by atoms with Crippen LogP contribution in [0.25, 0.3) is 0 Å². The molecule has 0 amide bonds. The van der Waals surface area contributed by atoms with Crippen molar-refractivity contribution < 1.29 is 0 Å². The van der Waals surface area contributed by atoms with Crippen LogP contribution in [0.5, 0.6) is 0 Å². The Morgan fingerprint density at radius 2 is 1.94 bits per heavy atom. The number of benzene rings is 1. The molecule has 0 saturated carbocycles. The zero-order chi connectivity index (χ0) is 13.3. The first-order valence-corrected chi connectivity index (χ1v) is 7.04. The van der Waals surface area contributed by atoms with Gasteiger partial charge in [0.15, 0.2) is 0 Å². The molecule has 2 rings (SSSR count). The first-order valence-electron chi connectivity index (χ1n) is 6.23. The minimum atomic E-state index is 0.0525. The van der Waals surface area contributed by atoms with Crippen molar-refractivity contribution in [2.24, 2.45) is 5.73 Å². The molecule has 1 atom stereocenters. The lowest BCUT2D eigenvalue weighted by Gasteiger charge is -2.13. The third-order valence-electron chi connectivity index (χ3n) is 3.22. The van der Waals surface area contributed by atoms with E-state index in [2.05, 4.69) is 37.0 Å². The number of aromatic nitrogens is 1. The van der Waals surface area contributed by atoms with Gasteiger partial charge in [-0.25, -0.2) is 4.98 Å². The lowest BCUT2D eigenvalue weighted by molar-refractivity contribution is 0.725. The quantitative estimate of drug-likeness (QED) is 0.915. The zero-order valence-electron chi connectivity index (χ0n) is 11.4. The van der Waals surface area contributed by atoms with Gasteiger partial charge in [-0.05, 0) is 45.2 Å². The predicted molar refractivity (Wildman–Crippen MR) is 78.1 cm³/mol. The van der Waals surface area contributed by atoms with E-state index >= 15 is 0 Å². The van der Waals surface area contributed by atoms with E-state index in [0.717, 1.165) is 17.1 Å². The van der Waals surface area contributed by atoms with Crippen molar-refractivity contribution >= 4 is 11.3 Å².